The maximum Gasteiger partial charge on any atom is 0.356 e. The van der Waals surface area contributed by atoms with E-state index < -0.39 is 5.97 Å². The third-order valence-electron chi connectivity index (χ3n) is 3.82. The Morgan fingerprint density at radius 1 is 1.43 bits per heavy atom. The average Bonchev–Trinajstić information content (AvgIpc) is 2.86. The zero-order valence-electron chi connectivity index (χ0n) is 12.4. The lowest BCUT2D eigenvalue weighted by atomic mass is 9.94. The van der Waals surface area contributed by atoms with Crippen molar-refractivity contribution in [1.29, 1.82) is 0 Å². The number of carboxylic acids is 1. The topological polar surface area (TPSA) is 82.5 Å². The highest BCUT2D eigenvalue weighted by Crippen LogP contribution is 2.25. The van der Waals surface area contributed by atoms with Gasteiger partial charge in [0.1, 0.15) is 4.88 Å². The fraction of sp³-hybridized carbons (Fsp3) is 0.643. The van der Waals surface area contributed by atoms with Crippen LogP contribution in [0.25, 0.3) is 0 Å². The summed E-state index contributed by atoms with van der Waals surface area (Å²) in [5.74, 6) is -0.701. The Morgan fingerprint density at radius 2 is 2.10 bits per heavy atom. The zero-order chi connectivity index (χ0) is 15.4. The summed E-state index contributed by atoms with van der Waals surface area (Å²) in [5.41, 5.74) is -0.144. The molecule has 0 unspecified atom stereocenters. The van der Waals surface area contributed by atoms with Gasteiger partial charge >= 0.3 is 5.97 Å². The Balaban J connectivity index is 1.87. The van der Waals surface area contributed by atoms with Gasteiger partial charge < -0.3 is 15.3 Å². The molecule has 0 saturated carbocycles. The molecule has 1 aromatic heterocycles. The van der Waals surface area contributed by atoms with Crippen LogP contribution in [-0.4, -0.2) is 53.4 Å². The minimum atomic E-state index is -1.15. The van der Waals surface area contributed by atoms with E-state index in [9.17, 15) is 9.59 Å². The molecule has 0 amide bonds. The predicted molar refractivity (Wildman–Crippen MR) is 82.4 cm³/mol. The number of anilines is 1. The molecule has 1 aliphatic rings. The minimum Gasteiger partial charge on any atom is -0.476 e. The molecule has 2 N–H and O–H groups in total. The fourth-order valence-electron chi connectivity index (χ4n) is 2.51. The van der Waals surface area contributed by atoms with Crippen molar-refractivity contribution in [3.8, 4) is 0 Å². The molecule has 0 atom stereocenters. The van der Waals surface area contributed by atoms with Gasteiger partial charge in [0.05, 0.1) is 0 Å². The number of nitrogens with zero attached hydrogens (tertiary/aromatic N) is 2. The monoisotopic (exact) mass is 311 g/mol. The summed E-state index contributed by atoms with van der Waals surface area (Å²) in [7, 11) is 2.14. The molecule has 0 spiro atoms. The average molecular weight is 311 g/mol. The first-order chi connectivity index (χ1) is 9.97. The Morgan fingerprint density at radius 3 is 2.62 bits per heavy atom. The second-order valence-electron chi connectivity index (χ2n) is 5.52. The van der Waals surface area contributed by atoms with Crippen molar-refractivity contribution < 1.29 is 14.7 Å². The SMILES string of the molecule is CC(=O)c1sc(NCCC2CCN(C)CC2)nc1C(=O)O. The lowest BCUT2D eigenvalue weighted by Crippen LogP contribution is -2.30. The molecule has 1 aliphatic heterocycles. The number of aromatic carboxylic acids is 1. The Hall–Kier alpha value is -1.47. The van der Waals surface area contributed by atoms with Crippen molar-refractivity contribution in [3.63, 3.8) is 0 Å². The molecule has 1 saturated heterocycles. The first kappa shape index (κ1) is 15.9. The Kier molecular flexibility index (Phi) is 5.30. The number of carboxylic acid groups (broad SMARTS) is 1. The summed E-state index contributed by atoms with van der Waals surface area (Å²) < 4.78 is 0. The van der Waals surface area contributed by atoms with Gasteiger partial charge in [0, 0.05) is 13.5 Å². The summed E-state index contributed by atoms with van der Waals surface area (Å²) in [4.78, 5) is 29.0. The van der Waals surface area contributed by atoms with Gasteiger partial charge in [0.25, 0.3) is 0 Å². The number of carbonyl (C=O) groups is 2. The van der Waals surface area contributed by atoms with E-state index in [0.717, 1.165) is 37.4 Å². The van der Waals surface area contributed by atoms with Crippen molar-refractivity contribution >= 4 is 28.2 Å². The van der Waals surface area contributed by atoms with Gasteiger partial charge in [-0.15, -0.1) is 0 Å². The van der Waals surface area contributed by atoms with E-state index in [2.05, 4.69) is 22.2 Å². The molecular formula is C14H21N3O3S. The molecule has 0 bridgehead atoms. The van der Waals surface area contributed by atoms with E-state index in [1.165, 1.54) is 19.8 Å². The minimum absolute atomic E-state index is 0.144. The molecule has 2 heterocycles. The van der Waals surface area contributed by atoms with Crippen LogP contribution >= 0.6 is 11.3 Å². The van der Waals surface area contributed by atoms with E-state index in [4.69, 9.17) is 5.11 Å². The van der Waals surface area contributed by atoms with Crippen molar-refractivity contribution in [1.82, 2.24) is 9.88 Å². The number of likely N-dealkylation sites (tertiary alicyclic amines) is 1. The van der Waals surface area contributed by atoms with Gasteiger partial charge in [0.2, 0.25) is 0 Å². The molecule has 0 aliphatic carbocycles. The second-order valence-corrected chi connectivity index (χ2v) is 6.52. The van der Waals surface area contributed by atoms with Gasteiger partial charge in [0.15, 0.2) is 16.6 Å². The van der Waals surface area contributed by atoms with Gasteiger partial charge in [-0.1, -0.05) is 11.3 Å². The Bertz CT molecular complexity index is 490. The maximum atomic E-state index is 11.4. The van der Waals surface area contributed by atoms with E-state index in [-0.39, 0.29) is 16.4 Å². The van der Waals surface area contributed by atoms with Crippen LogP contribution < -0.4 is 5.32 Å². The fourth-order valence-corrected chi connectivity index (χ4v) is 3.39. The van der Waals surface area contributed by atoms with Crippen LogP contribution in [0.15, 0.2) is 0 Å². The van der Waals surface area contributed by atoms with Crippen LogP contribution in [0.3, 0.4) is 0 Å². The number of Topliss-reactive ketones (excluding diaryl/α,β-unsaturated/α-hetero) is 1. The molecule has 6 nitrogen and oxygen atoms in total. The van der Waals surface area contributed by atoms with Gasteiger partial charge in [-0.2, -0.15) is 0 Å². The van der Waals surface area contributed by atoms with E-state index in [1.807, 2.05) is 0 Å². The number of carbonyl (C=O) groups excluding carboxylic acids is 1. The van der Waals surface area contributed by atoms with Crippen molar-refractivity contribution in [2.75, 3.05) is 32.0 Å². The number of thiazole rings is 1. The predicted octanol–water partition coefficient (Wildman–Crippen LogP) is 2.19. The summed E-state index contributed by atoms with van der Waals surface area (Å²) >= 11 is 1.12. The number of piperidine rings is 1. The third-order valence-corrected chi connectivity index (χ3v) is 4.93. The van der Waals surface area contributed by atoms with Crippen molar-refractivity contribution in [3.05, 3.63) is 10.6 Å². The molecule has 116 valence electrons. The largest absolute Gasteiger partial charge is 0.476 e. The highest BCUT2D eigenvalue weighted by molar-refractivity contribution is 7.17. The number of rotatable bonds is 6. The van der Waals surface area contributed by atoms with E-state index in [1.54, 1.807) is 0 Å². The summed E-state index contributed by atoms with van der Waals surface area (Å²) in [6.45, 7) is 4.40. The molecule has 0 aromatic carbocycles. The van der Waals surface area contributed by atoms with Crippen molar-refractivity contribution in [2.24, 2.45) is 5.92 Å². The third kappa shape index (κ3) is 4.25. The molecule has 21 heavy (non-hydrogen) atoms. The van der Waals surface area contributed by atoms with Crippen LogP contribution in [0.4, 0.5) is 5.13 Å². The smallest absolute Gasteiger partial charge is 0.356 e. The number of aromatic nitrogens is 1. The molecular weight excluding hydrogens is 290 g/mol. The van der Waals surface area contributed by atoms with Crippen LogP contribution in [0.5, 0.6) is 0 Å². The molecule has 7 heteroatoms. The van der Waals surface area contributed by atoms with Crippen LogP contribution in [0, 0.1) is 5.92 Å². The molecule has 0 radical (unpaired) electrons. The lowest BCUT2D eigenvalue weighted by Gasteiger charge is -2.28. The summed E-state index contributed by atoms with van der Waals surface area (Å²) in [5, 5.41) is 12.7. The van der Waals surface area contributed by atoms with Crippen LogP contribution in [-0.2, 0) is 0 Å². The van der Waals surface area contributed by atoms with Crippen molar-refractivity contribution in [2.45, 2.75) is 26.2 Å². The maximum absolute atomic E-state index is 11.4. The zero-order valence-corrected chi connectivity index (χ0v) is 13.2. The normalized spacial score (nSPS) is 16.9. The van der Waals surface area contributed by atoms with Crippen LogP contribution in [0.2, 0.25) is 0 Å². The quantitative estimate of drug-likeness (QED) is 0.784. The Labute approximate surface area is 128 Å². The highest BCUT2D eigenvalue weighted by atomic mass is 32.1. The lowest BCUT2D eigenvalue weighted by molar-refractivity contribution is 0.0687. The van der Waals surface area contributed by atoms with E-state index in [0.29, 0.717) is 11.0 Å². The first-order valence-electron chi connectivity index (χ1n) is 7.15. The number of nitrogens with one attached hydrogen (secondary N) is 1. The highest BCUT2D eigenvalue weighted by Gasteiger charge is 2.21. The summed E-state index contributed by atoms with van der Waals surface area (Å²) in [6, 6.07) is 0. The molecule has 1 fully saturated rings. The van der Waals surface area contributed by atoms with Gasteiger partial charge in [-0.3, -0.25) is 4.79 Å². The number of ketones is 1. The van der Waals surface area contributed by atoms with E-state index >= 15 is 0 Å². The van der Waals surface area contributed by atoms with Crippen LogP contribution in [0.1, 0.15) is 46.3 Å². The number of hydrogen-bond acceptors (Lipinski definition) is 6. The second kappa shape index (κ2) is 7.00. The standard InChI is InChI=1S/C14H21N3O3S/c1-9(18)12-11(13(19)20)16-14(21-12)15-6-3-10-4-7-17(2)8-5-10/h10H,3-8H2,1-2H3,(H,15,16)(H,19,20). The first-order valence-corrected chi connectivity index (χ1v) is 7.96. The number of hydrogen-bond donors (Lipinski definition) is 2. The van der Waals surface area contributed by atoms with Gasteiger partial charge in [-0.25, -0.2) is 9.78 Å². The van der Waals surface area contributed by atoms with Gasteiger partial charge in [-0.05, 0) is 45.3 Å². The summed E-state index contributed by atoms with van der Waals surface area (Å²) in [6.07, 6.45) is 3.45. The molecule has 1 aromatic rings. The molecule has 2 rings (SSSR count).